The first-order valence-electron chi connectivity index (χ1n) is 6.72. The summed E-state index contributed by atoms with van der Waals surface area (Å²) in [6, 6.07) is 0. The van der Waals surface area contributed by atoms with E-state index in [-0.39, 0.29) is 0 Å². The minimum absolute atomic E-state index is 0.922. The molecule has 0 aromatic carbocycles. The third-order valence-corrected chi connectivity index (χ3v) is 3.63. The average molecular weight is 198 g/mol. The Balaban J connectivity index is 3.18. The molecule has 0 aliphatic rings. The van der Waals surface area contributed by atoms with Crippen LogP contribution in [0.15, 0.2) is 0 Å². The van der Waals surface area contributed by atoms with E-state index >= 15 is 0 Å². The molecule has 0 aromatic rings. The van der Waals surface area contributed by atoms with Gasteiger partial charge in [0.25, 0.3) is 0 Å². The molecule has 0 bridgehead atoms. The second-order valence-electron chi connectivity index (χ2n) is 4.92. The van der Waals surface area contributed by atoms with E-state index < -0.39 is 0 Å². The summed E-state index contributed by atoms with van der Waals surface area (Å²) in [7, 11) is 0. The van der Waals surface area contributed by atoms with Crippen LogP contribution in [0, 0.1) is 11.8 Å². The molecule has 0 rings (SSSR count). The molecule has 0 saturated heterocycles. The van der Waals surface area contributed by atoms with Crippen LogP contribution in [0.1, 0.15) is 79.1 Å². The molecule has 0 fully saturated rings. The van der Waals surface area contributed by atoms with E-state index in [1.807, 2.05) is 0 Å². The summed E-state index contributed by atoms with van der Waals surface area (Å²) < 4.78 is 0. The summed E-state index contributed by atoms with van der Waals surface area (Å²) in [5, 5.41) is 0. The fourth-order valence-corrected chi connectivity index (χ4v) is 1.93. The summed E-state index contributed by atoms with van der Waals surface area (Å²) >= 11 is 0. The Morgan fingerprint density at radius 1 is 0.714 bits per heavy atom. The van der Waals surface area contributed by atoms with Gasteiger partial charge in [-0.25, -0.2) is 0 Å². The van der Waals surface area contributed by atoms with Gasteiger partial charge in [-0.1, -0.05) is 79.1 Å². The summed E-state index contributed by atoms with van der Waals surface area (Å²) in [4.78, 5) is 0. The van der Waals surface area contributed by atoms with E-state index in [1.54, 1.807) is 0 Å². The largest absolute Gasteiger partial charge is 0.0654 e. The smallest absolute Gasteiger partial charge is 0.0417 e. The molecule has 0 saturated carbocycles. The minimum atomic E-state index is 0.922. The number of hydrogen-bond acceptors (Lipinski definition) is 0. The minimum Gasteiger partial charge on any atom is -0.0654 e. The molecule has 0 nitrogen and oxygen atoms in total. The highest BCUT2D eigenvalue weighted by Crippen LogP contribution is 2.21. The lowest BCUT2D eigenvalue weighted by Crippen LogP contribution is -2.06. The lowest BCUT2D eigenvalue weighted by atomic mass is 9.89. The molecule has 0 heteroatoms. The van der Waals surface area contributed by atoms with Crippen molar-refractivity contribution in [2.45, 2.75) is 79.1 Å². The van der Waals surface area contributed by atoms with Crippen molar-refractivity contribution in [1.29, 1.82) is 0 Å². The average Bonchev–Trinajstić information content (AvgIpc) is 2.21. The van der Waals surface area contributed by atoms with E-state index in [1.165, 1.54) is 51.4 Å². The predicted octanol–water partition coefficient (Wildman–Crippen LogP) is 5.42. The quantitative estimate of drug-likeness (QED) is 0.434. The highest BCUT2D eigenvalue weighted by molar-refractivity contribution is 4.60. The lowest BCUT2D eigenvalue weighted by Gasteiger charge is -2.17. The summed E-state index contributed by atoms with van der Waals surface area (Å²) in [6.07, 6.45) is 11.4. The monoisotopic (exact) mass is 198 g/mol. The molecule has 0 aliphatic carbocycles. The Labute approximate surface area is 91.5 Å². The van der Waals surface area contributed by atoms with Crippen LogP contribution in [0.4, 0.5) is 0 Å². The van der Waals surface area contributed by atoms with E-state index in [0.29, 0.717) is 0 Å². The van der Waals surface area contributed by atoms with Crippen molar-refractivity contribution < 1.29 is 0 Å². The van der Waals surface area contributed by atoms with Gasteiger partial charge >= 0.3 is 0 Å². The molecule has 0 heterocycles. The number of unbranched alkanes of at least 4 members (excludes halogenated alkanes) is 5. The zero-order valence-corrected chi connectivity index (χ0v) is 10.8. The fraction of sp³-hybridized carbons (Fsp3) is 1.00. The zero-order valence-electron chi connectivity index (χ0n) is 10.8. The van der Waals surface area contributed by atoms with Gasteiger partial charge in [0.1, 0.15) is 0 Å². The SMILES string of the molecule is CCCCCCCCC(C)C(C)CC. The molecular formula is C14H30. The van der Waals surface area contributed by atoms with Crippen molar-refractivity contribution >= 4 is 0 Å². The Bertz CT molecular complexity index is 107. The van der Waals surface area contributed by atoms with Gasteiger partial charge in [-0.05, 0) is 11.8 Å². The fourth-order valence-electron chi connectivity index (χ4n) is 1.93. The van der Waals surface area contributed by atoms with Gasteiger partial charge in [-0.15, -0.1) is 0 Å². The van der Waals surface area contributed by atoms with Crippen LogP contribution in [-0.2, 0) is 0 Å². The maximum atomic E-state index is 2.42. The topological polar surface area (TPSA) is 0 Å². The van der Waals surface area contributed by atoms with Crippen LogP contribution < -0.4 is 0 Å². The second-order valence-corrected chi connectivity index (χ2v) is 4.92. The number of rotatable bonds is 9. The van der Waals surface area contributed by atoms with Crippen LogP contribution in [0.25, 0.3) is 0 Å². The van der Waals surface area contributed by atoms with Gasteiger partial charge < -0.3 is 0 Å². The highest BCUT2D eigenvalue weighted by Gasteiger charge is 2.08. The second kappa shape index (κ2) is 9.55. The van der Waals surface area contributed by atoms with Gasteiger partial charge in [0, 0.05) is 0 Å². The van der Waals surface area contributed by atoms with E-state index in [2.05, 4.69) is 27.7 Å². The van der Waals surface area contributed by atoms with Crippen molar-refractivity contribution in [2.24, 2.45) is 11.8 Å². The lowest BCUT2D eigenvalue weighted by molar-refractivity contribution is 0.342. The maximum absolute atomic E-state index is 2.42. The normalized spacial score (nSPS) is 15.4. The molecular weight excluding hydrogens is 168 g/mol. The maximum Gasteiger partial charge on any atom is -0.0417 e. The zero-order chi connectivity index (χ0) is 10.8. The molecule has 2 atom stereocenters. The summed E-state index contributed by atoms with van der Waals surface area (Å²) in [6.45, 7) is 9.40. The van der Waals surface area contributed by atoms with E-state index in [0.717, 1.165) is 11.8 Å². The molecule has 0 aromatic heterocycles. The van der Waals surface area contributed by atoms with E-state index in [9.17, 15) is 0 Å². The van der Waals surface area contributed by atoms with Crippen LogP contribution in [0.5, 0.6) is 0 Å². The molecule has 86 valence electrons. The van der Waals surface area contributed by atoms with Crippen LogP contribution >= 0.6 is 0 Å². The Morgan fingerprint density at radius 2 is 1.29 bits per heavy atom. The molecule has 0 spiro atoms. The van der Waals surface area contributed by atoms with Crippen LogP contribution in [-0.4, -0.2) is 0 Å². The van der Waals surface area contributed by atoms with Crippen LogP contribution in [0.3, 0.4) is 0 Å². The van der Waals surface area contributed by atoms with Crippen molar-refractivity contribution in [3.8, 4) is 0 Å². The Morgan fingerprint density at radius 3 is 1.86 bits per heavy atom. The van der Waals surface area contributed by atoms with Crippen molar-refractivity contribution in [3.63, 3.8) is 0 Å². The number of hydrogen-bond donors (Lipinski definition) is 0. The molecule has 0 amide bonds. The van der Waals surface area contributed by atoms with Crippen molar-refractivity contribution in [3.05, 3.63) is 0 Å². The highest BCUT2D eigenvalue weighted by atomic mass is 14.1. The predicted molar refractivity (Wildman–Crippen MR) is 66.6 cm³/mol. The van der Waals surface area contributed by atoms with Crippen LogP contribution in [0.2, 0.25) is 0 Å². The standard InChI is InChI=1S/C14H30/c1-5-7-8-9-10-11-12-14(4)13(3)6-2/h13-14H,5-12H2,1-4H3. The third-order valence-electron chi connectivity index (χ3n) is 3.63. The van der Waals surface area contributed by atoms with Gasteiger partial charge in [0.15, 0.2) is 0 Å². The van der Waals surface area contributed by atoms with Gasteiger partial charge in [0.05, 0.1) is 0 Å². The van der Waals surface area contributed by atoms with Gasteiger partial charge in [-0.2, -0.15) is 0 Å². The first-order chi connectivity index (χ1) is 6.72. The molecule has 0 aliphatic heterocycles. The van der Waals surface area contributed by atoms with Crippen molar-refractivity contribution in [1.82, 2.24) is 0 Å². The molecule has 2 unspecified atom stereocenters. The van der Waals surface area contributed by atoms with Crippen molar-refractivity contribution in [2.75, 3.05) is 0 Å². The summed E-state index contributed by atoms with van der Waals surface area (Å²) in [5.74, 6) is 1.86. The first kappa shape index (κ1) is 14.0. The van der Waals surface area contributed by atoms with E-state index in [4.69, 9.17) is 0 Å². The molecule has 14 heavy (non-hydrogen) atoms. The molecule has 0 radical (unpaired) electrons. The van der Waals surface area contributed by atoms with Gasteiger partial charge in [0.2, 0.25) is 0 Å². The Kier molecular flexibility index (Phi) is 9.55. The third kappa shape index (κ3) is 7.41. The van der Waals surface area contributed by atoms with Gasteiger partial charge in [-0.3, -0.25) is 0 Å². The summed E-state index contributed by atoms with van der Waals surface area (Å²) in [5.41, 5.74) is 0. The first-order valence-corrected chi connectivity index (χ1v) is 6.72. The Hall–Kier alpha value is 0. The molecule has 0 N–H and O–H groups in total.